The van der Waals surface area contributed by atoms with Gasteiger partial charge in [0.1, 0.15) is 5.75 Å². The van der Waals surface area contributed by atoms with Crippen molar-refractivity contribution < 1.29 is 23.7 Å². The first kappa shape index (κ1) is 19.7. The number of carbonyl (C=O) groups is 1. The third kappa shape index (κ3) is 3.94. The Morgan fingerprint density at radius 2 is 1.54 bits per heavy atom. The van der Waals surface area contributed by atoms with Crippen LogP contribution in [0.2, 0.25) is 0 Å². The molecule has 0 amide bonds. The van der Waals surface area contributed by atoms with Gasteiger partial charge in [0.25, 0.3) is 0 Å². The first-order valence-corrected chi connectivity index (χ1v) is 8.40. The molecular weight excluding hydrogens is 402 g/mol. The predicted octanol–water partition coefficient (Wildman–Crippen LogP) is 3.92. The van der Waals surface area contributed by atoms with Crippen molar-refractivity contribution in [2.24, 2.45) is 0 Å². The van der Waals surface area contributed by atoms with Crippen molar-refractivity contribution in [1.29, 1.82) is 0 Å². The van der Waals surface area contributed by atoms with E-state index in [1.807, 2.05) is 0 Å². The van der Waals surface area contributed by atoms with E-state index in [9.17, 15) is 4.79 Å². The van der Waals surface area contributed by atoms with Crippen LogP contribution in [0.3, 0.4) is 0 Å². The number of Topliss-reactive ketones (excluding diaryl/α,β-unsaturated/α-hetero) is 1. The van der Waals surface area contributed by atoms with Crippen LogP contribution in [0.4, 0.5) is 5.69 Å². The normalized spacial score (nSPS) is 11.0. The molecule has 0 aliphatic rings. The predicted molar refractivity (Wildman–Crippen MR) is 105 cm³/mol. The van der Waals surface area contributed by atoms with E-state index >= 15 is 0 Å². The number of ether oxygens (including phenoxy) is 4. The zero-order chi connectivity index (χ0) is 19.3. The van der Waals surface area contributed by atoms with Gasteiger partial charge in [-0.15, -0.1) is 0 Å². The Kier molecular flexibility index (Phi) is 6.52. The van der Waals surface area contributed by atoms with Crippen LogP contribution in [-0.2, 0) is 0 Å². The molecule has 0 aliphatic carbocycles. The Labute approximate surface area is 160 Å². The minimum absolute atomic E-state index is 0.226. The highest BCUT2D eigenvalue weighted by molar-refractivity contribution is 9.12. The minimum atomic E-state index is -0.226. The summed E-state index contributed by atoms with van der Waals surface area (Å²) in [5.74, 6) is 1.74. The number of anilines is 1. The lowest BCUT2D eigenvalue weighted by molar-refractivity contribution is 0.104. The summed E-state index contributed by atoms with van der Waals surface area (Å²) >= 11 is 3.33. The van der Waals surface area contributed by atoms with Gasteiger partial charge in [0.2, 0.25) is 5.75 Å². The number of allylic oxidation sites excluding steroid dienone is 1. The van der Waals surface area contributed by atoms with Crippen molar-refractivity contribution in [3.05, 3.63) is 45.9 Å². The quantitative estimate of drug-likeness (QED) is 0.414. The highest BCUT2D eigenvalue weighted by Gasteiger charge is 2.17. The molecule has 26 heavy (non-hydrogen) atoms. The summed E-state index contributed by atoms with van der Waals surface area (Å²) in [6, 6.07) is 8.39. The Morgan fingerprint density at radius 3 is 2.08 bits per heavy atom. The van der Waals surface area contributed by atoms with Gasteiger partial charge in [-0.1, -0.05) is 0 Å². The second kappa shape index (κ2) is 8.62. The van der Waals surface area contributed by atoms with Crippen LogP contribution in [0.15, 0.2) is 34.8 Å². The first-order chi connectivity index (χ1) is 12.5. The molecule has 0 radical (unpaired) electrons. The molecule has 0 fully saturated rings. The number of hydrogen-bond acceptors (Lipinski definition) is 6. The van der Waals surface area contributed by atoms with Crippen LogP contribution in [0, 0.1) is 0 Å². The van der Waals surface area contributed by atoms with E-state index in [1.165, 1.54) is 21.3 Å². The fraction of sp³-hybridized carbons (Fsp3) is 0.211. The molecule has 0 bridgehead atoms. The second-order valence-corrected chi connectivity index (χ2v) is 6.06. The number of rotatable bonds is 7. The zero-order valence-electron chi connectivity index (χ0n) is 15.0. The van der Waals surface area contributed by atoms with E-state index in [0.717, 1.165) is 0 Å². The highest BCUT2D eigenvalue weighted by atomic mass is 79.9. The van der Waals surface area contributed by atoms with Crippen molar-refractivity contribution >= 4 is 33.5 Å². The molecule has 138 valence electrons. The summed E-state index contributed by atoms with van der Waals surface area (Å²) in [4.78, 5) is 12.7. The van der Waals surface area contributed by atoms with Gasteiger partial charge in [-0.3, -0.25) is 4.79 Å². The monoisotopic (exact) mass is 421 g/mol. The maximum absolute atomic E-state index is 12.7. The van der Waals surface area contributed by atoms with E-state index in [0.29, 0.717) is 44.3 Å². The summed E-state index contributed by atoms with van der Waals surface area (Å²) in [6.45, 7) is 0. The van der Waals surface area contributed by atoms with Crippen molar-refractivity contribution in [3.63, 3.8) is 0 Å². The third-order valence-electron chi connectivity index (χ3n) is 3.73. The largest absolute Gasteiger partial charge is 0.495 e. The Hall–Kier alpha value is -2.67. The second-order valence-electron chi connectivity index (χ2n) is 5.20. The molecule has 0 aliphatic heterocycles. The van der Waals surface area contributed by atoms with Crippen LogP contribution in [0.1, 0.15) is 15.9 Å². The zero-order valence-corrected chi connectivity index (χ0v) is 16.5. The lowest BCUT2D eigenvalue weighted by atomic mass is 10.1. The van der Waals surface area contributed by atoms with E-state index in [2.05, 4.69) is 15.9 Å². The van der Waals surface area contributed by atoms with Crippen LogP contribution < -0.4 is 24.7 Å². The number of halogens is 1. The lowest BCUT2D eigenvalue weighted by Crippen LogP contribution is -2.02. The Bertz CT molecular complexity index is 848. The number of nitrogens with two attached hydrogens (primary N) is 1. The first-order valence-electron chi connectivity index (χ1n) is 7.61. The Morgan fingerprint density at radius 1 is 0.923 bits per heavy atom. The molecular formula is C19H20BrNO5. The number of ketones is 1. The van der Waals surface area contributed by atoms with E-state index in [1.54, 1.807) is 43.5 Å². The molecule has 0 atom stereocenters. The van der Waals surface area contributed by atoms with Crippen molar-refractivity contribution in [3.8, 4) is 23.0 Å². The minimum Gasteiger partial charge on any atom is -0.495 e. The summed E-state index contributed by atoms with van der Waals surface area (Å²) in [5, 5.41) is 0. The summed E-state index contributed by atoms with van der Waals surface area (Å²) in [6.07, 6.45) is 1.66. The number of methoxy groups -OCH3 is 4. The standard InChI is InChI=1S/C19H20BrNO5/c1-23-15-7-5-11(10-14(15)21)17(22)13(20)9-12-6-8-16(24-2)19(26-4)18(12)25-3/h5-10H,21H2,1-4H3/b13-9+. The van der Waals surface area contributed by atoms with Gasteiger partial charge in [-0.2, -0.15) is 0 Å². The summed E-state index contributed by atoms with van der Waals surface area (Å²) in [5.41, 5.74) is 7.36. The number of benzene rings is 2. The van der Waals surface area contributed by atoms with Crippen molar-refractivity contribution in [2.45, 2.75) is 0 Å². The van der Waals surface area contributed by atoms with Gasteiger partial charge in [-0.05, 0) is 52.3 Å². The molecule has 6 nitrogen and oxygen atoms in total. The molecule has 0 saturated carbocycles. The molecule has 0 unspecified atom stereocenters. The molecule has 7 heteroatoms. The Balaban J connectivity index is 2.43. The van der Waals surface area contributed by atoms with E-state index in [4.69, 9.17) is 24.7 Å². The number of carbonyl (C=O) groups excluding carboxylic acids is 1. The lowest BCUT2D eigenvalue weighted by Gasteiger charge is -2.14. The summed E-state index contributed by atoms with van der Waals surface area (Å²) < 4.78 is 21.5. The van der Waals surface area contributed by atoms with Gasteiger partial charge in [0, 0.05) is 11.1 Å². The molecule has 0 saturated heterocycles. The highest BCUT2D eigenvalue weighted by Crippen LogP contribution is 2.41. The van der Waals surface area contributed by atoms with E-state index in [-0.39, 0.29) is 5.78 Å². The van der Waals surface area contributed by atoms with E-state index < -0.39 is 0 Å². The fourth-order valence-electron chi connectivity index (χ4n) is 2.45. The van der Waals surface area contributed by atoms with Crippen LogP contribution in [-0.4, -0.2) is 34.2 Å². The van der Waals surface area contributed by atoms with Crippen LogP contribution >= 0.6 is 15.9 Å². The molecule has 0 heterocycles. The SMILES string of the molecule is COc1ccc(C(=O)/C(Br)=C\c2ccc(OC)c(OC)c2OC)cc1N. The molecule has 2 aromatic carbocycles. The van der Waals surface area contributed by atoms with Crippen molar-refractivity contribution in [2.75, 3.05) is 34.2 Å². The average Bonchev–Trinajstić information content (AvgIpc) is 2.66. The summed E-state index contributed by atoms with van der Waals surface area (Å²) in [7, 11) is 6.11. The molecule has 2 N–H and O–H groups in total. The maximum atomic E-state index is 12.7. The number of hydrogen-bond donors (Lipinski definition) is 1. The third-order valence-corrected chi connectivity index (χ3v) is 4.31. The fourth-order valence-corrected chi connectivity index (χ4v) is 2.93. The molecule has 2 rings (SSSR count). The smallest absolute Gasteiger partial charge is 0.203 e. The van der Waals surface area contributed by atoms with Crippen LogP contribution in [0.25, 0.3) is 6.08 Å². The van der Waals surface area contributed by atoms with Gasteiger partial charge >= 0.3 is 0 Å². The maximum Gasteiger partial charge on any atom is 0.203 e. The topological polar surface area (TPSA) is 80.0 Å². The van der Waals surface area contributed by atoms with Gasteiger partial charge in [0.15, 0.2) is 17.3 Å². The van der Waals surface area contributed by atoms with Gasteiger partial charge in [0.05, 0.1) is 38.6 Å². The average molecular weight is 422 g/mol. The van der Waals surface area contributed by atoms with Crippen molar-refractivity contribution in [1.82, 2.24) is 0 Å². The van der Waals surface area contributed by atoms with Crippen LogP contribution in [0.5, 0.6) is 23.0 Å². The molecule has 0 aromatic heterocycles. The molecule has 2 aromatic rings. The number of nitrogen functional groups attached to an aromatic ring is 1. The van der Waals surface area contributed by atoms with Gasteiger partial charge in [-0.25, -0.2) is 0 Å². The molecule has 0 spiro atoms. The van der Waals surface area contributed by atoms with Gasteiger partial charge < -0.3 is 24.7 Å².